The number of thioether (sulfide) groups is 1. The predicted octanol–water partition coefficient (Wildman–Crippen LogP) is 2.83. The van der Waals surface area contributed by atoms with E-state index >= 15 is 0 Å². The maximum Gasteiger partial charge on any atom is 0.251 e. The Morgan fingerprint density at radius 1 is 1.26 bits per heavy atom. The van der Waals surface area contributed by atoms with Crippen molar-refractivity contribution in [2.45, 2.75) is 31.4 Å². The van der Waals surface area contributed by atoms with Gasteiger partial charge in [-0.3, -0.25) is 4.79 Å². The maximum atomic E-state index is 11.9. The first kappa shape index (κ1) is 16.1. The molecule has 1 aromatic carbocycles. The van der Waals surface area contributed by atoms with Crippen molar-refractivity contribution < 1.29 is 9.90 Å². The van der Waals surface area contributed by atoms with Gasteiger partial charge in [-0.25, -0.2) is 0 Å². The number of benzene rings is 1. The van der Waals surface area contributed by atoms with Gasteiger partial charge in [0.2, 0.25) is 0 Å². The van der Waals surface area contributed by atoms with Crippen molar-refractivity contribution in [2.75, 3.05) is 19.4 Å². The van der Waals surface area contributed by atoms with E-state index in [1.807, 2.05) is 24.3 Å². The standard InChI is InChI=1S/C15H23NO2S/c1-19-12-13-7-6-8-14(11-13)15(18)16-9-4-2-3-5-10-17/h6-8,11,17H,2-5,9-10,12H2,1H3,(H,16,18). The molecular weight excluding hydrogens is 258 g/mol. The summed E-state index contributed by atoms with van der Waals surface area (Å²) in [6, 6.07) is 7.78. The Hall–Kier alpha value is -1.00. The van der Waals surface area contributed by atoms with Crippen LogP contribution in [0.4, 0.5) is 0 Å². The van der Waals surface area contributed by atoms with Crippen molar-refractivity contribution in [3.05, 3.63) is 35.4 Å². The number of rotatable bonds is 9. The van der Waals surface area contributed by atoms with Crippen LogP contribution in [0.25, 0.3) is 0 Å². The third-order valence-corrected chi connectivity index (χ3v) is 3.49. The second-order valence-electron chi connectivity index (χ2n) is 4.53. The fourth-order valence-electron chi connectivity index (χ4n) is 1.86. The van der Waals surface area contributed by atoms with Gasteiger partial charge in [0, 0.05) is 24.5 Å². The zero-order valence-corrected chi connectivity index (χ0v) is 12.3. The second-order valence-corrected chi connectivity index (χ2v) is 5.39. The lowest BCUT2D eigenvalue weighted by atomic mass is 10.1. The Morgan fingerprint density at radius 3 is 2.79 bits per heavy atom. The van der Waals surface area contributed by atoms with Crippen molar-refractivity contribution in [1.82, 2.24) is 5.32 Å². The zero-order valence-electron chi connectivity index (χ0n) is 11.5. The Kier molecular flexibility index (Phi) is 8.34. The molecule has 0 spiro atoms. The molecule has 2 N–H and O–H groups in total. The van der Waals surface area contributed by atoms with E-state index in [-0.39, 0.29) is 12.5 Å². The largest absolute Gasteiger partial charge is 0.396 e. The molecule has 1 aromatic rings. The molecule has 0 heterocycles. The van der Waals surface area contributed by atoms with Crippen LogP contribution in [0.2, 0.25) is 0 Å². The highest BCUT2D eigenvalue weighted by atomic mass is 32.2. The number of hydrogen-bond donors (Lipinski definition) is 2. The molecule has 0 aromatic heterocycles. The van der Waals surface area contributed by atoms with Crippen molar-refractivity contribution in [3.63, 3.8) is 0 Å². The number of nitrogens with one attached hydrogen (secondary N) is 1. The van der Waals surface area contributed by atoms with E-state index in [4.69, 9.17) is 5.11 Å². The van der Waals surface area contributed by atoms with E-state index in [9.17, 15) is 4.79 Å². The summed E-state index contributed by atoms with van der Waals surface area (Å²) in [5, 5.41) is 11.6. The molecule has 19 heavy (non-hydrogen) atoms. The van der Waals surface area contributed by atoms with Crippen LogP contribution in [0.5, 0.6) is 0 Å². The van der Waals surface area contributed by atoms with Gasteiger partial charge in [0.25, 0.3) is 5.91 Å². The minimum Gasteiger partial charge on any atom is -0.396 e. The number of aliphatic hydroxyl groups excluding tert-OH is 1. The monoisotopic (exact) mass is 281 g/mol. The fraction of sp³-hybridized carbons (Fsp3) is 0.533. The third-order valence-electron chi connectivity index (χ3n) is 2.87. The van der Waals surface area contributed by atoms with Crippen LogP contribution in [-0.2, 0) is 5.75 Å². The molecule has 0 aliphatic rings. The first-order valence-corrected chi connectivity index (χ1v) is 8.14. The van der Waals surface area contributed by atoms with Gasteiger partial charge in [-0.2, -0.15) is 11.8 Å². The van der Waals surface area contributed by atoms with Crippen LogP contribution >= 0.6 is 11.8 Å². The number of aliphatic hydroxyl groups is 1. The molecule has 0 aliphatic heterocycles. The maximum absolute atomic E-state index is 11.9. The summed E-state index contributed by atoms with van der Waals surface area (Å²) in [6.45, 7) is 0.964. The Balaban J connectivity index is 2.30. The highest BCUT2D eigenvalue weighted by molar-refractivity contribution is 7.97. The van der Waals surface area contributed by atoms with Gasteiger partial charge in [0.05, 0.1) is 0 Å². The molecule has 3 nitrogen and oxygen atoms in total. The Bertz CT molecular complexity index is 382. The minimum absolute atomic E-state index is 0.00473. The highest BCUT2D eigenvalue weighted by Crippen LogP contribution is 2.11. The zero-order chi connectivity index (χ0) is 13.9. The van der Waals surface area contributed by atoms with Crippen LogP contribution in [-0.4, -0.2) is 30.4 Å². The van der Waals surface area contributed by atoms with Gasteiger partial charge in [-0.15, -0.1) is 0 Å². The molecule has 0 saturated heterocycles. The summed E-state index contributed by atoms with van der Waals surface area (Å²) in [7, 11) is 0. The summed E-state index contributed by atoms with van der Waals surface area (Å²) >= 11 is 1.75. The number of amides is 1. The van der Waals surface area contributed by atoms with E-state index in [1.165, 1.54) is 5.56 Å². The molecular formula is C15H23NO2S. The normalized spacial score (nSPS) is 10.4. The van der Waals surface area contributed by atoms with Crippen LogP contribution < -0.4 is 5.32 Å². The minimum atomic E-state index is 0.00473. The third kappa shape index (κ3) is 6.64. The van der Waals surface area contributed by atoms with Crippen LogP contribution in [0.1, 0.15) is 41.6 Å². The van der Waals surface area contributed by atoms with Gasteiger partial charge in [0.1, 0.15) is 0 Å². The SMILES string of the molecule is CSCc1cccc(C(=O)NCCCCCCO)c1. The first-order valence-electron chi connectivity index (χ1n) is 6.75. The van der Waals surface area contributed by atoms with Crippen molar-refractivity contribution in [3.8, 4) is 0 Å². The lowest BCUT2D eigenvalue weighted by Crippen LogP contribution is -2.24. The van der Waals surface area contributed by atoms with Gasteiger partial charge in [-0.05, 0) is 36.8 Å². The van der Waals surface area contributed by atoms with Gasteiger partial charge in [0.15, 0.2) is 0 Å². The summed E-state index contributed by atoms with van der Waals surface area (Å²) in [5.41, 5.74) is 1.92. The lowest BCUT2D eigenvalue weighted by molar-refractivity contribution is 0.0952. The average molecular weight is 281 g/mol. The Morgan fingerprint density at radius 2 is 2.05 bits per heavy atom. The molecule has 0 atom stereocenters. The summed E-state index contributed by atoms with van der Waals surface area (Å²) in [6.07, 6.45) is 5.95. The van der Waals surface area contributed by atoms with Crippen molar-refractivity contribution in [2.24, 2.45) is 0 Å². The second kappa shape index (κ2) is 9.87. The van der Waals surface area contributed by atoms with E-state index < -0.39 is 0 Å². The summed E-state index contributed by atoms with van der Waals surface area (Å²) in [5.74, 6) is 0.938. The van der Waals surface area contributed by atoms with Crippen molar-refractivity contribution >= 4 is 17.7 Å². The molecule has 0 unspecified atom stereocenters. The molecule has 0 fully saturated rings. The number of carbonyl (C=O) groups excluding carboxylic acids is 1. The van der Waals surface area contributed by atoms with E-state index in [2.05, 4.69) is 11.6 Å². The van der Waals surface area contributed by atoms with Crippen LogP contribution in [0.15, 0.2) is 24.3 Å². The molecule has 0 saturated carbocycles. The molecule has 0 radical (unpaired) electrons. The lowest BCUT2D eigenvalue weighted by Gasteiger charge is -2.06. The van der Waals surface area contributed by atoms with E-state index in [1.54, 1.807) is 11.8 Å². The van der Waals surface area contributed by atoms with Gasteiger partial charge >= 0.3 is 0 Å². The van der Waals surface area contributed by atoms with Crippen LogP contribution in [0.3, 0.4) is 0 Å². The summed E-state index contributed by atoms with van der Waals surface area (Å²) < 4.78 is 0. The molecule has 106 valence electrons. The number of unbranched alkanes of at least 4 members (excludes halogenated alkanes) is 3. The van der Waals surface area contributed by atoms with E-state index in [0.717, 1.165) is 37.0 Å². The number of carbonyl (C=O) groups is 1. The molecule has 1 amide bonds. The van der Waals surface area contributed by atoms with Gasteiger partial charge in [-0.1, -0.05) is 25.0 Å². The molecule has 0 bridgehead atoms. The molecule has 4 heteroatoms. The first-order chi connectivity index (χ1) is 9.27. The molecule has 1 rings (SSSR count). The van der Waals surface area contributed by atoms with E-state index in [0.29, 0.717) is 6.54 Å². The topological polar surface area (TPSA) is 49.3 Å². The highest BCUT2D eigenvalue weighted by Gasteiger charge is 2.05. The molecule has 0 aliphatic carbocycles. The van der Waals surface area contributed by atoms with Gasteiger partial charge < -0.3 is 10.4 Å². The quantitative estimate of drug-likeness (QED) is 0.684. The average Bonchev–Trinajstić information content (AvgIpc) is 2.43. The Labute approximate surface area is 119 Å². The predicted molar refractivity (Wildman–Crippen MR) is 81.5 cm³/mol. The van der Waals surface area contributed by atoms with Crippen LogP contribution in [0, 0.1) is 0 Å². The van der Waals surface area contributed by atoms with Crippen molar-refractivity contribution in [1.29, 1.82) is 0 Å². The number of hydrogen-bond acceptors (Lipinski definition) is 3. The fourth-order valence-corrected chi connectivity index (χ4v) is 2.38. The summed E-state index contributed by atoms with van der Waals surface area (Å²) in [4.78, 5) is 11.9. The smallest absolute Gasteiger partial charge is 0.251 e.